The van der Waals surface area contributed by atoms with Gasteiger partial charge in [0.1, 0.15) is 0 Å². The number of fused-ring (bicyclic) bond motifs is 1. The topological polar surface area (TPSA) is 42.5 Å². The minimum atomic E-state index is -4.57. The minimum Gasteiger partial charge on any atom is -0.299 e. The zero-order valence-corrected chi connectivity index (χ0v) is 22.7. The standard InChI is InChI=1S/C30H31F3N4OS/c1-20-4-3-9-35(13-20)14-21-10-24(30(31,32)33)25-16-36(27(38)37(25)15-21)23-6-2-5-22(11-23)29(26-12-34-19-39-26)17-28(18-29)7-8-28/h2,5-6,10-12,15-16,19-20H,3-4,7-9,13-14,17-18H2,1H3/t20-/m0/s1. The summed E-state index contributed by atoms with van der Waals surface area (Å²) in [6.45, 7) is 4.28. The summed E-state index contributed by atoms with van der Waals surface area (Å²) in [7, 11) is 0. The van der Waals surface area contributed by atoms with Crippen LogP contribution in [0.1, 0.15) is 67.0 Å². The molecule has 0 amide bonds. The largest absolute Gasteiger partial charge is 0.418 e. The molecule has 3 aromatic heterocycles. The monoisotopic (exact) mass is 552 g/mol. The summed E-state index contributed by atoms with van der Waals surface area (Å²) in [6, 6.07) is 9.00. The van der Waals surface area contributed by atoms with Crippen LogP contribution in [0.3, 0.4) is 0 Å². The number of pyridine rings is 1. The number of alkyl halides is 3. The zero-order valence-electron chi connectivity index (χ0n) is 21.9. The van der Waals surface area contributed by atoms with Gasteiger partial charge in [-0.15, -0.1) is 11.3 Å². The molecule has 1 saturated heterocycles. The molecule has 1 aromatic carbocycles. The molecule has 204 valence electrons. The molecule has 1 atom stereocenters. The smallest absolute Gasteiger partial charge is 0.299 e. The summed E-state index contributed by atoms with van der Waals surface area (Å²) in [6.07, 6.45) is 7.07. The highest BCUT2D eigenvalue weighted by Crippen LogP contribution is 2.71. The van der Waals surface area contributed by atoms with E-state index in [9.17, 15) is 18.0 Å². The lowest BCUT2D eigenvalue weighted by atomic mass is 9.56. The first-order chi connectivity index (χ1) is 18.7. The lowest BCUT2D eigenvalue weighted by molar-refractivity contribution is -0.136. The maximum atomic E-state index is 14.2. The first-order valence-electron chi connectivity index (χ1n) is 13.7. The third-order valence-electron chi connectivity index (χ3n) is 9.17. The lowest BCUT2D eigenvalue weighted by Crippen LogP contribution is -2.43. The summed E-state index contributed by atoms with van der Waals surface area (Å²) in [4.78, 5) is 21.3. The van der Waals surface area contributed by atoms with Gasteiger partial charge in [0.25, 0.3) is 0 Å². The Morgan fingerprint density at radius 3 is 2.67 bits per heavy atom. The molecule has 2 aliphatic carbocycles. The summed E-state index contributed by atoms with van der Waals surface area (Å²) in [5, 5.41) is 0. The van der Waals surface area contributed by atoms with Crippen LogP contribution in [-0.2, 0) is 18.1 Å². The van der Waals surface area contributed by atoms with Gasteiger partial charge in [0.15, 0.2) is 0 Å². The Morgan fingerprint density at radius 1 is 1.15 bits per heavy atom. The molecule has 39 heavy (non-hydrogen) atoms. The summed E-state index contributed by atoms with van der Waals surface area (Å²) >= 11 is 1.65. The molecular formula is C30H31F3N4OS. The van der Waals surface area contributed by atoms with Crippen molar-refractivity contribution in [3.05, 3.63) is 86.5 Å². The van der Waals surface area contributed by atoms with Gasteiger partial charge in [0, 0.05) is 42.0 Å². The van der Waals surface area contributed by atoms with Crippen molar-refractivity contribution in [1.29, 1.82) is 0 Å². The van der Waals surface area contributed by atoms with Crippen molar-refractivity contribution in [2.24, 2.45) is 11.3 Å². The van der Waals surface area contributed by atoms with Crippen molar-refractivity contribution in [1.82, 2.24) is 18.9 Å². The van der Waals surface area contributed by atoms with E-state index in [1.54, 1.807) is 23.6 Å². The molecule has 2 saturated carbocycles. The van der Waals surface area contributed by atoms with E-state index in [1.165, 1.54) is 38.9 Å². The molecule has 9 heteroatoms. The Hall–Kier alpha value is -2.91. The highest BCUT2D eigenvalue weighted by molar-refractivity contribution is 7.09. The van der Waals surface area contributed by atoms with Gasteiger partial charge in [-0.25, -0.2) is 4.79 Å². The van der Waals surface area contributed by atoms with Crippen LogP contribution in [0.5, 0.6) is 0 Å². The first-order valence-corrected chi connectivity index (χ1v) is 14.6. The molecule has 5 nitrogen and oxygen atoms in total. The van der Waals surface area contributed by atoms with Gasteiger partial charge >= 0.3 is 11.9 Å². The van der Waals surface area contributed by atoms with E-state index in [0.29, 0.717) is 29.1 Å². The molecule has 3 aliphatic rings. The van der Waals surface area contributed by atoms with Crippen LogP contribution in [0.25, 0.3) is 11.2 Å². The predicted octanol–water partition coefficient (Wildman–Crippen LogP) is 6.66. The van der Waals surface area contributed by atoms with E-state index in [0.717, 1.165) is 44.3 Å². The molecule has 4 heterocycles. The number of imidazole rings is 1. The number of halogens is 3. The van der Waals surface area contributed by atoms with E-state index >= 15 is 0 Å². The average Bonchev–Trinajstić information content (AvgIpc) is 3.32. The van der Waals surface area contributed by atoms with Crippen molar-refractivity contribution in [2.75, 3.05) is 13.1 Å². The van der Waals surface area contributed by atoms with E-state index in [-0.39, 0.29) is 10.9 Å². The van der Waals surface area contributed by atoms with Gasteiger partial charge in [-0.1, -0.05) is 19.1 Å². The molecule has 3 fully saturated rings. The molecular weight excluding hydrogens is 521 g/mol. The van der Waals surface area contributed by atoms with E-state index in [1.807, 2.05) is 23.8 Å². The normalized spacial score (nSPS) is 22.3. The number of rotatable bonds is 5. The number of aromatic nitrogens is 3. The number of benzene rings is 1. The van der Waals surface area contributed by atoms with Crippen LogP contribution in [0.15, 0.2) is 59.2 Å². The molecule has 1 spiro atoms. The summed E-state index contributed by atoms with van der Waals surface area (Å²) in [5.74, 6) is 0.513. The Morgan fingerprint density at radius 2 is 1.97 bits per heavy atom. The molecule has 0 N–H and O–H groups in total. The number of nitrogens with zero attached hydrogens (tertiary/aromatic N) is 4. The lowest BCUT2D eigenvalue weighted by Gasteiger charge is -2.48. The minimum absolute atomic E-state index is 0.119. The maximum absolute atomic E-state index is 14.2. The average molecular weight is 553 g/mol. The van der Waals surface area contributed by atoms with Crippen LogP contribution in [0, 0.1) is 11.3 Å². The fraction of sp³-hybridized carbons (Fsp3) is 0.467. The van der Waals surface area contributed by atoms with Crippen LogP contribution in [0.4, 0.5) is 13.2 Å². The molecule has 0 unspecified atom stereocenters. The van der Waals surface area contributed by atoms with Crippen molar-refractivity contribution < 1.29 is 13.2 Å². The van der Waals surface area contributed by atoms with Gasteiger partial charge in [-0.05, 0) is 85.7 Å². The third kappa shape index (κ3) is 4.25. The van der Waals surface area contributed by atoms with Gasteiger partial charge in [0.2, 0.25) is 0 Å². The Labute approximate surface area is 228 Å². The quantitative estimate of drug-likeness (QED) is 0.278. The first kappa shape index (κ1) is 25.1. The molecule has 1 aliphatic heterocycles. The van der Waals surface area contributed by atoms with Crippen LogP contribution >= 0.6 is 11.3 Å². The Bertz CT molecular complexity index is 1590. The number of likely N-dealkylation sites (tertiary alicyclic amines) is 1. The number of hydrogen-bond donors (Lipinski definition) is 0. The van der Waals surface area contributed by atoms with Crippen LogP contribution in [-0.4, -0.2) is 31.9 Å². The molecule has 7 rings (SSSR count). The zero-order chi connectivity index (χ0) is 27.0. The molecule has 0 radical (unpaired) electrons. The van der Waals surface area contributed by atoms with Crippen molar-refractivity contribution >= 4 is 16.9 Å². The van der Waals surface area contributed by atoms with Gasteiger partial charge in [0.05, 0.1) is 22.3 Å². The van der Waals surface area contributed by atoms with E-state index < -0.39 is 17.4 Å². The SMILES string of the molecule is C[C@H]1CCCN(Cc2cc(C(F)(F)F)c3cn(-c4cccc(C5(c6cncs6)CC6(CC6)C5)c4)c(=O)n3c2)C1. The van der Waals surface area contributed by atoms with Gasteiger partial charge < -0.3 is 0 Å². The summed E-state index contributed by atoms with van der Waals surface area (Å²) < 4.78 is 45.3. The molecule has 4 aromatic rings. The second-order valence-electron chi connectivity index (χ2n) is 12.1. The van der Waals surface area contributed by atoms with Gasteiger partial charge in [-0.2, -0.15) is 13.2 Å². The van der Waals surface area contributed by atoms with Crippen LogP contribution < -0.4 is 5.69 Å². The number of hydrogen-bond acceptors (Lipinski definition) is 4. The van der Waals surface area contributed by atoms with Crippen molar-refractivity contribution in [3.63, 3.8) is 0 Å². The highest BCUT2D eigenvalue weighted by Gasteiger charge is 2.62. The Balaban J connectivity index is 1.30. The number of piperidine rings is 1. The number of thiazole rings is 1. The van der Waals surface area contributed by atoms with E-state index in [2.05, 4.69) is 22.9 Å². The van der Waals surface area contributed by atoms with Crippen molar-refractivity contribution in [2.45, 2.75) is 63.6 Å². The van der Waals surface area contributed by atoms with Crippen LogP contribution in [0.2, 0.25) is 0 Å². The second kappa shape index (κ2) is 8.80. The second-order valence-corrected chi connectivity index (χ2v) is 13.0. The fourth-order valence-corrected chi connectivity index (χ4v) is 7.96. The molecule has 0 bridgehead atoms. The summed E-state index contributed by atoms with van der Waals surface area (Å²) in [5.41, 5.74) is 2.94. The third-order valence-corrected chi connectivity index (χ3v) is 10.1. The highest BCUT2D eigenvalue weighted by atomic mass is 32.1. The maximum Gasteiger partial charge on any atom is 0.418 e. The predicted molar refractivity (Wildman–Crippen MR) is 145 cm³/mol. The van der Waals surface area contributed by atoms with Gasteiger partial charge in [-0.3, -0.25) is 18.9 Å². The Kier molecular flexibility index (Phi) is 5.66. The fourth-order valence-electron chi connectivity index (χ4n) is 7.12. The van der Waals surface area contributed by atoms with Crippen molar-refractivity contribution in [3.8, 4) is 5.69 Å². The van der Waals surface area contributed by atoms with E-state index in [4.69, 9.17) is 0 Å².